The fraction of sp³-hybridized carbons (Fsp3) is 0.692. The first kappa shape index (κ1) is 11.7. The smallest absolute Gasteiger partial charge is 0.112 e. The van der Waals surface area contributed by atoms with Gasteiger partial charge in [0.25, 0.3) is 0 Å². The number of hydrogen-bond acceptors (Lipinski definition) is 3. The average Bonchev–Trinajstić information content (AvgIpc) is 2.78. The molecule has 0 amide bonds. The summed E-state index contributed by atoms with van der Waals surface area (Å²) in [6.45, 7) is 5.19. The lowest BCUT2D eigenvalue weighted by atomic mass is 9.83. The fourth-order valence-electron chi connectivity index (χ4n) is 2.58. The van der Waals surface area contributed by atoms with Gasteiger partial charge in [0.1, 0.15) is 5.76 Å². The minimum atomic E-state index is 0.502. The maximum absolute atomic E-state index is 5.63. The van der Waals surface area contributed by atoms with E-state index in [9.17, 15) is 0 Å². The maximum atomic E-state index is 5.63. The highest BCUT2D eigenvalue weighted by Crippen LogP contribution is 2.33. The van der Waals surface area contributed by atoms with Crippen LogP contribution in [0.3, 0.4) is 0 Å². The second kappa shape index (κ2) is 5.51. The van der Waals surface area contributed by atoms with Crippen molar-refractivity contribution in [2.75, 3.05) is 20.2 Å². The summed E-state index contributed by atoms with van der Waals surface area (Å²) in [4.78, 5) is 0. The lowest BCUT2D eigenvalue weighted by Gasteiger charge is -2.27. The van der Waals surface area contributed by atoms with E-state index < -0.39 is 0 Å². The largest absolute Gasteiger partial charge is 0.469 e. The number of methoxy groups -OCH3 is 1. The summed E-state index contributed by atoms with van der Waals surface area (Å²) in [7, 11) is 1.73. The molecule has 2 rings (SSSR count). The predicted molar refractivity (Wildman–Crippen MR) is 63.4 cm³/mol. The lowest BCUT2D eigenvalue weighted by Crippen LogP contribution is -2.30. The normalized spacial score (nSPS) is 19.9. The molecule has 16 heavy (non-hydrogen) atoms. The van der Waals surface area contributed by atoms with Gasteiger partial charge >= 0.3 is 0 Å². The van der Waals surface area contributed by atoms with Gasteiger partial charge in [-0.05, 0) is 37.9 Å². The molecular weight excluding hydrogens is 202 g/mol. The average molecular weight is 223 g/mol. The van der Waals surface area contributed by atoms with Crippen molar-refractivity contribution in [3.8, 4) is 0 Å². The summed E-state index contributed by atoms with van der Waals surface area (Å²) in [6.07, 6.45) is 4.27. The second-order valence-corrected chi connectivity index (χ2v) is 4.62. The van der Waals surface area contributed by atoms with Gasteiger partial charge in [0, 0.05) is 18.6 Å². The third-order valence-electron chi connectivity index (χ3n) is 3.59. The van der Waals surface area contributed by atoms with Crippen LogP contribution in [0.25, 0.3) is 0 Å². The van der Waals surface area contributed by atoms with Gasteiger partial charge in [-0.3, -0.25) is 0 Å². The number of hydrogen-bond donors (Lipinski definition) is 1. The number of furan rings is 1. The van der Waals surface area contributed by atoms with Gasteiger partial charge in [-0.2, -0.15) is 0 Å². The highest BCUT2D eigenvalue weighted by atomic mass is 16.5. The molecule has 90 valence electrons. The molecule has 1 aliphatic heterocycles. The first-order chi connectivity index (χ1) is 7.83. The van der Waals surface area contributed by atoms with Crippen molar-refractivity contribution >= 4 is 0 Å². The highest BCUT2D eigenvalue weighted by molar-refractivity contribution is 5.20. The zero-order valence-electron chi connectivity index (χ0n) is 10.2. The van der Waals surface area contributed by atoms with Crippen LogP contribution >= 0.6 is 0 Å². The molecule has 0 bridgehead atoms. The molecule has 0 aliphatic carbocycles. The Morgan fingerprint density at radius 1 is 1.50 bits per heavy atom. The number of ether oxygens (including phenoxy) is 1. The maximum Gasteiger partial charge on any atom is 0.112 e. The van der Waals surface area contributed by atoms with Crippen molar-refractivity contribution in [2.24, 2.45) is 5.92 Å². The molecule has 1 aliphatic rings. The quantitative estimate of drug-likeness (QED) is 0.851. The first-order valence-electron chi connectivity index (χ1n) is 6.09. The Morgan fingerprint density at radius 2 is 2.25 bits per heavy atom. The Kier molecular flexibility index (Phi) is 4.02. The summed E-state index contributed by atoms with van der Waals surface area (Å²) in [6, 6.07) is 2.02. The molecular formula is C13H21NO2. The van der Waals surface area contributed by atoms with Gasteiger partial charge in [-0.15, -0.1) is 0 Å². The molecule has 3 nitrogen and oxygen atoms in total. The van der Waals surface area contributed by atoms with Gasteiger partial charge in [0.15, 0.2) is 0 Å². The van der Waals surface area contributed by atoms with Gasteiger partial charge in [0.2, 0.25) is 0 Å². The van der Waals surface area contributed by atoms with E-state index in [0.29, 0.717) is 12.5 Å². The predicted octanol–water partition coefficient (Wildman–Crippen LogP) is 2.53. The number of rotatable bonds is 4. The number of nitrogens with one attached hydrogen (secondary N) is 1. The molecule has 0 spiro atoms. The molecule has 0 saturated carbocycles. The molecule has 1 fully saturated rings. The van der Waals surface area contributed by atoms with Crippen molar-refractivity contribution in [3.63, 3.8) is 0 Å². The SMILES string of the molecule is COCc1ccoc1C(C)C1CCNCC1. The van der Waals surface area contributed by atoms with Crippen LogP contribution in [0, 0.1) is 5.92 Å². The monoisotopic (exact) mass is 223 g/mol. The van der Waals surface area contributed by atoms with E-state index in [1.807, 2.05) is 6.07 Å². The zero-order valence-corrected chi connectivity index (χ0v) is 10.2. The van der Waals surface area contributed by atoms with Gasteiger partial charge in [-0.1, -0.05) is 6.92 Å². The minimum absolute atomic E-state index is 0.502. The van der Waals surface area contributed by atoms with Gasteiger partial charge in [0.05, 0.1) is 12.9 Å². The molecule has 1 unspecified atom stereocenters. The van der Waals surface area contributed by atoms with Crippen LogP contribution in [0.4, 0.5) is 0 Å². The Hall–Kier alpha value is -0.800. The van der Waals surface area contributed by atoms with Gasteiger partial charge in [-0.25, -0.2) is 0 Å². The third-order valence-corrected chi connectivity index (χ3v) is 3.59. The summed E-state index contributed by atoms with van der Waals surface area (Å²) in [5, 5.41) is 3.40. The van der Waals surface area contributed by atoms with Crippen LogP contribution in [-0.2, 0) is 11.3 Å². The van der Waals surface area contributed by atoms with Crippen molar-refractivity contribution in [3.05, 3.63) is 23.7 Å². The summed E-state index contributed by atoms with van der Waals surface area (Å²) in [5.74, 6) is 2.36. The van der Waals surface area contributed by atoms with Crippen molar-refractivity contribution in [1.82, 2.24) is 5.32 Å². The Balaban J connectivity index is 2.06. The van der Waals surface area contributed by atoms with E-state index >= 15 is 0 Å². The van der Waals surface area contributed by atoms with Crippen molar-refractivity contribution in [1.29, 1.82) is 0 Å². The van der Waals surface area contributed by atoms with E-state index in [1.54, 1.807) is 13.4 Å². The fourth-order valence-corrected chi connectivity index (χ4v) is 2.58. The van der Waals surface area contributed by atoms with E-state index in [1.165, 1.54) is 18.4 Å². The molecule has 0 radical (unpaired) electrons. The van der Waals surface area contributed by atoms with E-state index in [-0.39, 0.29) is 0 Å². The summed E-state index contributed by atoms with van der Waals surface area (Å²) < 4.78 is 10.8. The van der Waals surface area contributed by atoms with Crippen molar-refractivity contribution in [2.45, 2.75) is 32.3 Å². The standard InChI is InChI=1S/C13H21NO2/c1-10(11-3-6-14-7-4-11)13-12(9-15-2)5-8-16-13/h5,8,10-11,14H,3-4,6-7,9H2,1-2H3. The molecule has 1 saturated heterocycles. The van der Waals surface area contributed by atoms with Crippen LogP contribution in [-0.4, -0.2) is 20.2 Å². The molecule has 0 aromatic carbocycles. The lowest BCUT2D eigenvalue weighted by molar-refractivity contribution is 0.180. The van der Waals surface area contributed by atoms with E-state index in [0.717, 1.165) is 24.8 Å². The van der Waals surface area contributed by atoms with Crippen LogP contribution in [0.1, 0.15) is 37.0 Å². The second-order valence-electron chi connectivity index (χ2n) is 4.62. The zero-order chi connectivity index (χ0) is 11.4. The van der Waals surface area contributed by atoms with Crippen LogP contribution in [0.15, 0.2) is 16.7 Å². The van der Waals surface area contributed by atoms with E-state index in [2.05, 4.69) is 12.2 Å². The Labute approximate surface area is 97.2 Å². The Bertz CT molecular complexity index is 315. The van der Waals surface area contributed by atoms with Crippen LogP contribution in [0.2, 0.25) is 0 Å². The highest BCUT2D eigenvalue weighted by Gasteiger charge is 2.25. The molecule has 1 aromatic heterocycles. The first-order valence-corrected chi connectivity index (χ1v) is 6.09. The topological polar surface area (TPSA) is 34.4 Å². The molecule has 1 N–H and O–H groups in total. The summed E-state index contributed by atoms with van der Waals surface area (Å²) in [5.41, 5.74) is 1.20. The summed E-state index contributed by atoms with van der Waals surface area (Å²) >= 11 is 0. The minimum Gasteiger partial charge on any atom is -0.469 e. The van der Waals surface area contributed by atoms with Gasteiger partial charge < -0.3 is 14.5 Å². The molecule has 1 atom stereocenters. The molecule has 1 aromatic rings. The number of piperidine rings is 1. The molecule has 2 heterocycles. The van der Waals surface area contributed by atoms with Crippen molar-refractivity contribution < 1.29 is 9.15 Å². The van der Waals surface area contributed by atoms with Crippen LogP contribution < -0.4 is 5.32 Å². The third kappa shape index (κ3) is 2.47. The Morgan fingerprint density at radius 3 is 2.94 bits per heavy atom. The molecule has 3 heteroatoms. The van der Waals surface area contributed by atoms with Crippen LogP contribution in [0.5, 0.6) is 0 Å². The van der Waals surface area contributed by atoms with E-state index in [4.69, 9.17) is 9.15 Å².